The van der Waals surface area contributed by atoms with Crippen molar-refractivity contribution in [2.24, 2.45) is 0 Å². The minimum atomic E-state index is -0.444. The summed E-state index contributed by atoms with van der Waals surface area (Å²) in [6.45, 7) is 1.92. The SMILES string of the molecule is Cc1ccc2c(Cl)c(C#N)c(=O)[nH]c2c1. The van der Waals surface area contributed by atoms with Gasteiger partial charge in [-0.1, -0.05) is 23.7 Å². The van der Waals surface area contributed by atoms with Crippen LogP contribution in [-0.2, 0) is 0 Å². The molecule has 1 heterocycles. The van der Waals surface area contributed by atoms with E-state index in [-0.39, 0.29) is 10.6 Å². The predicted molar refractivity (Wildman–Crippen MR) is 59.0 cm³/mol. The zero-order valence-electron chi connectivity index (χ0n) is 7.97. The number of nitrogens with zero attached hydrogens (tertiary/aromatic N) is 1. The van der Waals surface area contributed by atoms with Gasteiger partial charge in [0, 0.05) is 5.39 Å². The Morgan fingerprint density at radius 2 is 2.20 bits per heavy atom. The number of halogens is 1. The third kappa shape index (κ3) is 1.49. The first kappa shape index (κ1) is 9.75. The molecule has 0 aliphatic heterocycles. The fourth-order valence-electron chi connectivity index (χ4n) is 1.47. The number of aromatic nitrogens is 1. The molecule has 0 bridgehead atoms. The molecule has 0 saturated heterocycles. The standard InChI is InChI=1S/C11H7ClN2O/c1-6-2-3-7-9(4-6)14-11(15)8(5-13)10(7)12/h2-4H,1H3,(H,14,15). The highest BCUT2D eigenvalue weighted by Crippen LogP contribution is 2.23. The van der Waals surface area contributed by atoms with Crippen molar-refractivity contribution >= 4 is 22.5 Å². The second-order valence-corrected chi connectivity index (χ2v) is 3.68. The zero-order chi connectivity index (χ0) is 11.0. The molecule has 0 spiro atoms. The van der Waals surface area contributed by atoms with E-state index >= 15 is 0 Å². The fraction of sp³-hybridized carbons (Fsp3) is 0.0909. The molecule has 2 aromatic rings. The van der Waals surface area contributed by atoms with E-state index in [4.69, 9.17) is 16.9 Å². The van der Waals surface area contributed by atoms with Gasteiger partial charge in [0.15, 0.2) is 0 Å². The summed E-state index contributed by atoms with van der Waals surface area (Å²) >= 11 is 5.96. The lowest BCUT2D eigenvalue weighted by atomic mass is 10.1. The fourth-order valence-corrected chi connectivity index (χ4v) is 1.76. The van der Waals surface area contributed by atoms with Crippen molar-refractivity contribution in [3.05, 3.63) is 44.7 Å². The third-order valence-electron chi connectivity index (χ3n) is 2.22. The van der Waals surface area contributed by atoms with Crippen LogP contribution >= 0.6 is 11.6 Å². The monoisotopic (exact) mass is 218 g/mol. The van der Waals surface area contributed by atoms with Gasteiger partial charge >= 0.3 is 0 Å². The average molecular weight is 219 g/mol. The minimum absolute atomic E-state index is 0.0342. The summed E-state index contributed by atoms with van der Waals surface area (Å²) in [6, 6.07) is 7.30. The van der Waals surface area contributed by atoms with Crippen molar-refractivity contribution in [2.75, 3.05) is 0 Å². The maximum absolute atomic E-state index is 11.4. The van der Waals surface area contributed by atoms with Gasteiger partial charge < -0.3 is 4.98 Å². The Balaban J connectivity index is 2.99. The molecule has 0 amide bonds. The van der Waals surface area contributed by atoms with Crippen molar-refractivity contribution in [1.29, 1.82) is 5.26 Å². The van der Waals surface area contributed by atoms with E-state index in [1.165, 1.54) is 0 Å². The van der Waals surface area contributed by atoms with Crippen molar-refractivity contribution in [2.45, 2.75) is 6.92 Å². The molecule has 4 heteroatoms. The highest BCUT2D eigenvalue weighted by Gasteiger charge is 2.09. The second-order valence-electron chi connectivity index (χ2n) is 3.30. The molecule has 0 atom stereocenters. The van der Waals surface area contributed by atoms with E-state index in [0.717, 1.165) is 5.56 Å². The molecular formula is C11H7ClN2O. The number of hydrogen-bond donors (Lipinski definition) is 1. The molecule has 15 heavy (non-hydrogen) atoms. The van der Waals surface area contributed by atoms with E-state index in [2.05, 4.69) is 4.98 Å². The number of aromatic amines is 1. The lowest BCUT2D eigenvalue weighted by Crippen LogP contribution is -2.10. The van der Waals surface area contributed by atoms with Crippen LogP contribution in [0.15, 0.2) is 23.0 Å². The molecule has 0 fully saturated rings. The average Bonchev–Trinajstić information content (AvgIpc) is 2.17. The molecule has 0 saturated carbocycles. The Labute approximate surface area is 90.9 Å². The largest absolute Gasteiger partial charge is 0.321 e. The van der Waals surface area contributed by atoms with Crippen LogP contribution < -0.4 is 5.56 Å². The zero-order valence-corrected chi connectivity index (χ0v) is 8.72. The third-order valence-corrected chi connectivity index (χ3v) is 2.61. The number of aryl methyl sites for hydroxylation is 1. The highest BCUT2D eigenvalue weighted by atomic mass is 35.5. The van der Waals surface area contributed by atoms with Gasteiger partial charge in [0.1, 0.15) is 11.6 Å². The first-order valence-corrected chi connectivity index (χ1v) is 4.73. The number of pyridine rings is 1. The van der Waals surface area contributed by atoms with Gasteiger partial charge in [-0.2, -0.15) is 5.26 Å². The topological polar surface area (TPSA) is 56.6 Å². The van der Waals surface area contributed by atoms with E-state index in [1.807, 2.05) is 19.1 Å². The van der Waals surface area contributed by atoms with Crippen molar-refractivity contribution < 1.29 is 0 Å². The first-order chi connectivity index (χ1) is 7.13. The summed E-state index contributed by atoms with van der Waals surface area (Å²) in [6.07, 6.45) is 0. The Bertz CT molecular complexity index is 637. The molecule has 0 radical (unpaired) electrons. The highest BCUT2D eigenvalue weighted by molar-refractivity contribution is 6.36. The van der Waals surface area contributed by atoms with E-state index in [9.17, 15) is 4.79 Å². The van der Waals surface area contributed by atoms with Gasteiger partial charge in [-0.15, -0.1) is 0 Å². The minimum Gasteiger partial charge on any atom is -0.321 e. The van der Waals surface area contributed by atoms with Crippen LogP contribution in [-0.4, -0.2) is 4.98 Å². The van der Waals surface area contributed by atoms with Crippen LogP contribution in [0.3, 0.4) is 0 Å². The van der Waals surface area contributed by atoms with Crippen LogP contribution in [0.4, 0.5) is 0 Å². The van der Waals surface area contributed by atoms with Gasteiger partial charge in [0.25, 0.3) is 5.56 Å². The number of rotatable bonds is 0. The van der Waals surface area contributed by atoms with Crippen LogP contribution in [0, 0.1) is 18.3 Å². The summed E-state index contributed by atoms with van der Waals surface area (Å²) in [7, 11) is 0. The van der Waals surface area contributed by atoms with Crippen LogP contribution in [0.5, 0.6) is 0 Å². The molecule has 1 aromatic carbocycles. The van der Waals surface area contributed by atoms with E-state index in [0.29, 0.717) is 10.9 Å². The van der Waals surface area contributed by atoms with Gasteiger partial charge in [-0.05, 0) is 18.6 Å². The molecule has 3 nitrogen and oxygen atoms in total. The molecule has 74 valence electrons. The predicted octanol–water partition coefficient (Wildman–Crippen LogP) is 2.36. The molecule has 0 aliphatic carbocycles. The lowest BCUT2D eigenvalue weighted by molar-refractivity contribution is 1.27. The van der Waals surface area contributed by atoms with Gasteiger partial charge in [-0.3, -0.25) is 4.79 Å². The molecule has 1 N–H and O–H groups in total. The number of nitriles is 1. The molecule has 2 rings (SSSR count). The molecule has 0 unspecified atom stereocenters. The number of nitrogens with one attached hydrogen (secondary N) is 1. The Morgan fingerprint density at radius 1 is 1.47 bits per heavy atom. The number of fused-ring (bicyclic) bond motifs is 1. The van der Waals surface area contributed by atoms with Gasteiger partial charge in [0.2, 0.25) is 0 Å². The van der Waals surface area contributed by atoms with Gasteiger partial charge in [-0.25, -0.2) is 0 Å². The van der Waals surface area contributed by atoms with Crippen molar-refractivity contribution in [1.82, 2.24) is 4.98 Å². The molecule has 1 aromatic heterocycles. The van der Waals surface area contributed by atoms with Crippen molar-refractivity contribution in [3.8, 4) is 6.07 Å². The maximum Gasteiger partial charge on any atom is 0.267 e. The Kier molecular flexibility index (Phi) is 2.22. The van der Waals surface area contributed by atoms with Gasteiger partial charge in [0.05, 0.1) is 10.5 Å². The number of hydrogen-bond acceptors (Lipinski definition) is 2. The van der Waals surface area contributed by atoms with E-state index in [1.54, 1.807) is 12.1 Å². The quantitative estimate of drug-likeness (QED) is 0.738. The van der Waals surface area contributed by atoms with Crippen LogP contribution in [0.2, 0.25) is 5.02 Å². The summed E-state index contributed by atoms with van der Waals surface area (Å²) in [4.78, 5) is 14.1. The second kappa shape index (κ2) is 3.41. The summed E-state index contributed by atoms with van der Waals surface area (Å²) in [5, 5.41) is 9.67. The number of benzene rings is 1. The van der Waals surface area contributed by atoms with Crippen LogP contribution in [0.25, 0.3) is 10.9 Å². The lowest BCUT2D eigenvalue weighted by Gasteiger charge is -2.02. The summed E-state index contributed by atoms with van der Waals surface area (Å²) in [5.41, 5.74) is 1.21. The smallest absolute Gasteiger partial charge is 0.267 e. The van der Waals surface area contributed by atoms with Crippen molar-refractivity contribution in [3.63, 3.8) is 0 Å². The Morgan fingerprint density at radius 3 is 2.87 bits per heavy atom. The maximum atomic E-state index is 11.4. The summed E-state index contributed by atoms with van der Waals surface area (Å²) < 4.78 is 0. The molecule has 0 aliphatic rings. The normalized spacial score (nSPS) is 10.2. The first-order valence-electron chi connectivity index (χ1n) is 4.35. The van der Waals surface area contributed by atoms with E-state index < -0.39 is 5.56 Å². The number of H-pyrrole nitrogens is 1. The van der Waals surface area contributed by atoms with Crippen LogP contribution in [0.1, 0.15) is 11.1 Å². The Hall–Kier alpha value is -1.79. The summed E-state index contributed by atoms with van der Waals surface area (Å²) in [5.74, 6) is 0. The molecular weight excluding hydrogens is 212 g/mol.